The van der Waals surface area contributed by atoms with Crippen molar-refractivity contribution in [3.05, 3.63) is 24.2 Å². The third-order valence-electron chi connectivity index (χ3n) is 2.07. The first-order valence-electron chi connectivity index (χ1n) is 4.70. The van der Waals surface area contributed by atoms with Crippen LogP contribution in [0, 0.1) is 0 Å². The van der Waals surface area contributed by atoms with Crippen molar-refractivity contribution in [1.29, 1.82) is 0 Å². The second-order valence-corrected chi connectivity index (χ2v) is 3.02. The molecule has 5 nitrogen and oxygen atoms in total. The molecular formula is C10H11NO4. The van der Waals surface area contributed by atoms with Crippen molar-refractivity contribution >= 4 is 12.4 Å². The maximum absolute atomic E-state index is 11.5. The molecule has 0 radical (unpaired) electrons. The number of carbonyl (C=O) groups is 1. The Morgan fingerprint density at radius 3 is 3.20 bits per heavy atom. The summed E-state index contributed by atoms with van der Waals surface area (Å²) in [6.07, 6.45) is 2.28. The van der Waals surface area contributed by atoms with E-state index < -0.39 is 18.1 Å². The summed E-state index contributed by atoms with van der Waals surface area (Å²) in [5.74, 6) is 0.179. The highest BCUT2D eigenvalue weighted by Gasteiger charge is 2.36. The lowest BCUT2D eigenvalue weighted by atomic mass is 10.1. The maximum Gasteiger partial charge on any atom is 0.335 e. The Morgan fingerprint density at radius 1 is 1.67 bits per heavy atom. The third kappa shape index (κ3) is 1.86. The second kappa shape index (κ2) is 4.16. The van der Waals surface area contributed by atoms with Crippen LogP contribution in [0.25, 0.3) is 0 Å². The molecular weight excluding hydrogens is 198 g/mol. The molecule has 0 aromatic carbocycles. The van der Waals surface area contributed by atoms with Gasteiger partial charge in [0.1, 0.15) is 5.76 Å². The minimum atomic E-state index is -0.656. The molecule has 15 heavy (non-hydrogen) atoms. The van der Waals surface area contributed by atoms with Gasteiger partial charge in [0, 0.05) is 0 Å². The molecule has 2 atom stereocenters. The van der Waals surface area contributed by atoms with E-state index in [0.717, 1.165) is 0 Å². The molecule has 1 aromatic rings. The van der Waals surface area contributed by atoms with Crippen molar-refractivity contribution in [3.8, 4) is 0 Å². The van der Waals surface area contributed by atoms with E-state index >= 15 is 0 Å². The number of hydrogen-bond acceptors (Lipinski definition) is 5. The van der Waals surface area contributed by atoms with Crippen molar-refractivity contribution in [2.24, 2.45) is 4.99 Å². The molecule has 1 aliphatic heterocycles. The van der Waals surface area contributed by atoms with E-state index in [1.165, 1.54) is 12.7 Å². The summed E-state index contributed by atoms with van der Waals surface area (Å²) in [5, 5.41) is 0. The minimum Gasteiger partial charge on any atom is -0.469 e. The minimum absolute atomic E-state index is 0.329. The Bertz CT molecular complexity index is 358. The van der Waals surface area contributed by atoms with Gasteiger partial charge in [-0.1, -0.05) is 0 Å². The van der Waals surface area contributed by atoms with Crippen LogP contribution in [0.4, 0.5) is 0 Å². The lowest BCUT2D eigenvalue weighted by molar-refractivity contribution is -0.146. The number of hydrogen-bond donors (Lipinski definition) is 0. The lowest BCUT2D eigenvalue weighted by Crippen LogP contribution is -2.26. The van der Waals surface area contributed by atoms with Crippen LogP contribution < -0.4 is 0 Å². The molecule has 0 unspecified atom stereocenters. The molecule has 5 heteroatoms. The number of rotatable bonds is 3. The quantitative estimate of drug-likeness (QED) is 0.704. The largest absolute Gasteiger partial charge is 0.469 e. The highest BCUT2D eigenvalue weighted by molar-refractivity contribution is 5.80. The third-order valence-corrected chi connectivity index (χ3v) is 2.07. The van der Waals surface area contributed by atoms with Crippen LogP contribution >= 0.6 is 0 Å². The van der Waals surface area contributed by atoms with Gasteiger partial charge in [-0.3, -0.25) is 0 Å². The van der Waals surface area contributed by atoms with Gasteiger partial charge in [0.05, 0.1) is 12.9 Å². The number of esters is 1. The zero-order valence-corrected chi connectivity index (χ0v) is 8.25. The molecule has 0 bridgehead atoms. The Morgan fingerprint density at radius 2 is 2.53 bits per heavy atom. The number of carbonyl (C=O) groups excluding carboxylic acids is 1. The average Bonchev–Trinajstić information content (AvgIpc) is 2.88. The zero-order chi connectivity index (χ0) is 10.7. The maximum atomic E-state index is 11.5. The Balaban J connectivity index is 2.11. The summed E-state index contributed by atoms with van der Waals surface area (Å²) < 4.78 is 15.2. The highest BCUT2D eigenvalue weighted by atomic mass is 16.5. The first kappa shape index (κ1) is 9.76. The van der Waals surface area contributed by atoms with E-state index in [4.69, 9.17) is 13.9 Å². The summed E-state index contributed by atoms with van der Waals surface area (Å²) in [5.41, 5.74) is 0. The van der Waals surface area contributed by atoms with E-state index in [1.807, 2.05) is 0 Å². The second-order valence-electron chi connectivity index (χ2n) is 3.02. The van der Waals surface area contributed by atoms with Gasteiger partial charge in [0.15, 0.2) is 18.5 Å². The van der Waals surface area contributed by atoms with Crippen LogP contribution in [-0.4, -0.2) is 25.0 Å². The van der Waals surface area contributed by atoms with Gasteiger partial charge >= 0.3 is 5.97 Å². The van der Waals surface area contributed by atoms with E-state index in [2.05, 4.69) is 4.99 Å². The van der Waals surface area contributed by atoms with E-state index in [9.17, 15) is 4.79 Å². The normalized spacial score (nSPS) is 23.8. The van der Waals surface area contributed by atoms with E-state index in [0.29, 0.717) is 12.4 Å². The number of nitrogens with zero attached hydrogens (tertiary/aromatic N) is 1. The molecule has 2 heterocycles. The molecule has 0 saturated carbocycles. The van der Waals surface area contributed by atoms with Crippen molar-refractivity contribution in [2.45, 2.75) is 19.1 Å². The monoisotopic (exact) mass is 209 g/mol. The van der Waals surface area contributed by atoms with Gasteiger partial charge in [-0.15, -0.1) is 0 Å². The molecule has 0 amide bonds. The molecule has 1 aliphatic rings. The molecule has 0 fully saturated rings. The first-order valence-corrected chi connectivity index (χ1v) is 4.70. The van der Waals surface area contributed by atoms with Gasteiger partial charge in [0.2, 0.25) is 0 Å². The van der Waals surface area contributed by atoms with Crippen LogP contribution in [0.1, 0.15) is 18.8 Å². The SMILES string of the molecule is CCOC(=O)[C@H]1N=CO[C@H]1c1ccco1. The molecule has 0 aliphatic carbocycles. The van der Waals surface area contributed by atoms with E-state index in [1.54, 1.807) is 19.1 Å². The summed E-state index contributed by atoms with van der Waals surface area (Å²) in [7, 11) is 0. The lowest BCUT2D eigenvalue weighted by Gasteiger charge is -2.13. The van der Waals surface area contributed by atoms with Gasteiger partial charge in [-0.2, -0.15) is 0 Å². The van der Waals surface area contributed by atoms with Crippen LogP contribution in [0.5, 0.6) is 0 Å². The van der Waals surface area contributed by atoms with Crippen LogP contribution in [0.2, 0.25) is 0 Å². The van der Waals surface area contributed by atoms with Crippen molar-refractivity contribution in [3.63, 3.8) is 0 Å². The fraction of sp³-hybridized carbons (Fsp3) is 0.400. The summed E-state index contributed by atoms with van der Waals surface area (Å²) >= 11 is 0. The predicted molar refractivity (Wildman–Crippen MR) is 51.4 cm³/mol. The van der Waals surface area contributed by atoms with Crippen LogP contribution in [-0.2, 0) is 14.3 Å². The molecule has 80 valence electrons. The van der Waals surface area contributed by atoms with Gasteiger partial charge in [0.25, 0.3) is 0 Å². The van der Waals surface area contributed by atoms with Crippen molar-refractivity contribution < 1.29 is 18.7 Å². The molecule has 0 N–H and O–H groups in total. The van der Waals surface area contributed by atoms with Crippen LogP contribution in [0.3, 0.4) is 0 Å². The standard InChI is InChI=1S/C10H11NO4/c1-2-13-10(12)8-9(15-6-11-8)7-4-3-5-14-7/h3-6,8-9H,2H2,1H3/t8-,9-/m0/s1. The predicted octanol–water partition coefficient (Wildman–Crippen LogP) is 1.31. The van der Waals surface area contributed by atoms with Gasteiger partial charge < -0.3 is 13.9 Å². The first-order chi connectivity index (χ1) is 7.33. The topological polar surface area (TPSA) is 61.0 Å². The molecule has 0 saturated heterocycles. The number of furan rings is 1. The number of ether oxygens (including phenoxy) is 2. The Kier molecular flexibility index (Phi) is 2.71. The Hall–Kier alpha value is -1.78. The molecule has 1 aromatic heterocycles. The highest BCUT2D eigenvalue weighted by Crippen LogP contribution is 2.27. The number of aliphatic imine (C=N–C) groups is 1. The summed E-state index contributed by atoms with van der Waals surface area (Å²) in [4.78, 5) is 15.4. The average molecular weight is 209 g/mol. The molecule has 2 rings (SSSR count). The van der Waals surface area contributed by atoms with Crippen LogP contribution in [0.15, 0.2) is 27.8 Å². The van der Waals surface area contributed by atoms with Crippen molar-refractivity contribution in [1.82, 2.24) is 0 Å². The Labute approximate surface area is 86.7 Å². The van der Waals surface area contributed by atoms with Gasteiger partial charge in [-0.25, -0.2) is 9.79 Å². The smallest absolute Gasteiger partial charge is 0.335 e. The summed E-state index contributed by atoms with van der Waals surface area (Å²) in [6.45, 7) is 2.08. The summed E-state index contributed by atoms with van der Waals surface area (Å²) in [6, 6.07) is 2.82. The van der Waals surface area contributed by atoms with Crippen molar-refractivity contribution in [2.75, 3.05) is 6.61 Å². The fourth-order valence-corrected chi connectivity index (χ4v) is 1.41. The molecule has 0 spiro atoms. The van der Waals surface area contributed by atoms with Gasteiger partial charge in [-0.05, 0) is 19.1 Å². The zero-order valence-electron chi connectivity index (χ0n) is 8.25. The fourth-order valence-electron chi connectivity index (χ4n) is 1.41. The van der Waals surface area contributed by atoms with E-state index in [-0.39, 0.29) is 0 Å².